The maximum Gasteiger partial charge on any atom is 0.308 e. The monoisotopic (exact) mass is 240 g/mol. The van der Waals surface area contributed by atoms with E-state index in [1.807, 2.05) is 13.8 Å². The molecule has 0 amide bonds. The molecular formula is C14H24O3. The highest BCUT2D eigenvalue weighted by Gasteiger charge is 2.31. The number of rotatable bonds is 5. The molecule has 0 heterocycles. The molecule has 1 fully saturated rings. The molecule has 0 aromatic rings. The van der Waals surface area contributed by atoms with Crippen LogP contribution in [0.1, 0.15) is 52.9 Å². The first-order valence-electron chi connectivity index (χ1n) is 6.72. The van der Waals surface area contributed by atoms with Crippen LogP contribution < -0.4 is 0 Å². The van der Waals surface area contributed by atoms with E-state index in [1.54, 1.807) is 0 Å². The van der Waals surface area contributed by atoms with Gasteiger partial charge in [0.05, 0.1) is 5.92 Å². The summed E-state index contributed by atoms with van der Waals surface area (Å²) in [5, 5.41) is 0. The fraction of sp³-hybridized carbons (Fsp3) is 0.857. The smallest absolute Gasteiger partial charge is 0.308 e. The molecule has 3 nitrogen and oxygen atoms in total. The van der Waals surface area contributed by atoms with Gasteiger partial charge in [0, 0.05) is 12.3 Å². The van der Waals surface area contributed by atoms with Gasteiger partial charge < -0.3 is 9.53 Å². The molecule has 0 N–H and O–H groups in total. The Kier molecular flexibility index (Phi) is 5.66. The van der Waals surface area contributed by atoms with Gasteiger partial charge in [0.2, 0.25) is 0 Å². The normalized spacial score (nSPS) is 30.6. The summed E-state index contributed by atoms with van der Waals surface area (Å²) in [4.78, 5) is 22.4. The summed E-state index contributed by atoms with van der Waals surface area (Å²) in [5.41, 5.74) is 0. The lowest BCUT2D eigenvalue weighted by Crippen LogP contribution is -2.34. The molecule has 0 saturated heterocycles. The average Bonchev–Trinajstić information content (AvgIpc) is 2.31. The van der Waals surface area contributed by atoms with Crippen molar-refractivity contribution in [2.45, 2.75) is 59.0 Å². The summed E-state index contributed by atoms with van der Waals surface area (Å²) in [6.07, 6.45) is 5.22. The third kappa shape index (κ3) is 4.14. The standard InChI is InChI=1S/C14H24O3/c1-4-11(3)14(16)17-13-6-5-10(2)9-12(13)7-8-15/h8,10-13H,4-7,9H2,1-3H3. The Hall–Kier alpha value is -0.860. The summed E-state index contributed by atoms with van der Waals surface area (Å²) in [7, 11) is 0. The third-order valence-corrected chi connectivity index (χ3v) is 3.86. The zero-order valence-electron chi connectivity index (χ0n) is 11.1. The first-order chi connectivity index (χ1) is 8.08. The lowest BCUT2D eigenvalue weighted by Gasteiger charge is -2.34. The van der Waals surface area contributed by atoms with Gasteiger partial charge in [0.25, 0.3) is 0 Å². The minimum absolute atomic E-state index is 0.0359. The molecule has 3 heteroatoms. The number of ether oxygens (including phenoxy) is 1. The van der Waals surface area contributed by atoms with Crippen molar-refractivity contribution in [2.75, 3.05) is 0 Å². The van der Waals surface area contributed by atoms with Crippen LogP contribution in [0.4, 0.5) is 0 Å². The van der Waals surface area contributed by atoms with Gasteiger partial charge in [-0.05, 0) is 31.6 Å². The Balaban J connectivity index is 2.54. The summed E-state index contributed by atoms with van der Waals surface area (Å²) in [6.45, 7) is 6.07. The van der Waals surface area contributed by atoms with E-state index in [1.165, 1.54) is 0 Å². The number of esters is 1. The molecule has 0 aromatic carbocycles. The van der Waals surface area contributed by atoms with Crippen molar-refractivity contribution in [2.24, 2.45) is 17.8 Å². The van der Waals surface area contributed by atoms with Gasteiger partial charge in [-0.2, -0.15) is 0 Å². The van der Waals surface area contributed by atoms with Crippen LogP contribution in [0.25, 0.3) is 0 Å². The van der Waals surface area contributed by atoms with Gasteiger partial charge in [-0.25, -0.2) is 0 Å². The highest BCUT2D eigenvalue weighted by Crippen LogP contribution is 2.33. The van der Waals surface area contributed by atoms with E-state index < -0.39 is 0 Å². The minimum atomic E-state index is -0.108. The topological polar surface area (TPSA) is 43.4 Å². The maximum absolute atomic E-state index is 11.8. The van der Waals surface area contributed by atoms with Crippen LogP contribution in [-0.2, 0) is 14.3 Å². The molecule has 0 aromatic heterocycles. The van der Waals surface area contributed by atoms with Crippen molar-refractivity contribution < 1.29 is 14.3 Å². The van der Waals surface area contributed by atoms with E-state index in [2.05, 4.69) is 6.92 Å². The molecule has 0 radical (unpaired) electrons. The second kappa shape index (κ2) is 6.77. The van der Waals surface area contributed by atoms with E-state index in [0.29, 0.717) is 12.3 Å². The molecule has 0 spiro atoms. The fourth-order valence-electron chi connectivity index (χ4n) is 2.43. The Morgan fingerprint density at radius 1 is 1.47 bits per heavy atom. The van der Waals surface area contributed by atoms with Crippen molar-refractivity contribution in [3.05, 3.63) is 0 Å². The van der Waals surface area contributed by atoms with Crippen molar-refractivity contribution in [1.82, 2.24) is 0 Å². The van der Waals surface area contributed by atoms with Gasteiger partial charge in [0.1, 0.15) is 12.4 Å². The van der Waals surface area contributed by atoms with E-state index in [-0.39, 0.29) is 23.9 Å². The molecule has 1 rings (SSSR count). The molecule has 4 unspecified atom stereocenters. The fourth-order valence-corrected chi connectivity index (χ4v) is 2.43. The molecule has 1 aliphatic rings. The Bertz CT molecular complexity index is 262. The Morgan fingerprint density at radius 3 is 2.76 bits per heavy atom. The molecule has 1 saturated carbocycles. The largest absolute Gasteiger partial charge is 0.462 e. The first-order valence-corrected chi connectivity index (χ1v) is 6.72. The van der Waals surface area contributed by atoms with E-state index in [9.17, 15) is 9.59 Å². The van der Waals surface area contributed by atoms with E-state index >= 15 is 0 Å². The zero-order chi connectivity index (χ0) is 12.8. The van der Waals surface area contributed by atoms with Gasteiger partial charge in [-0.15, -0.1) is 0 Å². The van der Waals surface area contributed by atoms with Crippen LogP contribution in [0.5, 0.6) is 0 Å². The summed E-state index contributed by atoms with van der Waals surface area (Å²) in [6, 6.07) is 0. The molecule has 17 heavy (non-hydrogen) atoms. The summed E-state index contributed by atoms with van der Waals surface area (Å²) < 4.78 is 5.56. The van der Waals surface area contributed by atoms with Gasteiger partial charge in [-0.3, -0.25) is 4.79 Å². The molecule has 4 atom stereocenters. The van der Waals surface area contributed by atoms with Crippen molar-refractivity contribution in [3.8, 4) is 0 Å². The molecule has 1 aliphatic carbocycles. The Morgan fingerprint density at radius 2 is 2.18 bits per heavy atom. The van der Waals surface area contributed by atoms with Crippen molar-refractivity contribution in [3.63, 3.8) is 0 Å². The van der Waals surface area contributed by atoms with Gasteiger partial charge >= 0.3 is 5.97 Å². The summed E-state index contributed by atoms with van der Waals surface area (Å²) in [5.74, 6) is 0.719. The number of hydrogen-bond donors (Lipinski definition) is 0. The lowest BCUT2D eigenvalue weighted by atomic mass is 9.79. The predicted octanol–water partition coefficient (Wildman–Crippen LogP) is 2.97. The lowest BCUT2D eigenvalue weighted by molar-refractivity contribution is -0.159. The van der Waals surface area contributed by atoms with E-state index in [4.69, 9.17) is 4.74 Å². The average molecular weight is 240 g/mol. The number of carbonyl (C=O) groups excluding carboxylic acids is 2. The highest BCUT2D eigenvalue weighted by molar-refractivity contribution is 5.72. The first kappa shape index (κ1) is 14.2. The molecule has 0 aliphatic heterocycles. The third-order valence-electron chi connectivity index (χ3n) is 3.86. The second-order valence-electron chi connectivity index (χ2n) is 5.37. The van der Waals surface area contributed by atoms with Crippen LogP contribution in [0, 0.1) is 17.8 Å². The molecule has 0 bridgehead atoms. The maximum atomic E-state index is 11.8. The number of aldehydes is 1. The molecular weight excluding hydrogens is 216 g/mol. The minimum Gasteiger partial charge on any atom is -0.462 e. The summed E-state index contributed by atoms with van der Waals surface area (Å²) >= 11 is 0. The number of carbonyl (C=O) groups is 2. The van der Waals surface area contributed by atoms with Gasteiger partial charge in [0.15, 0.2) is 0 Å². The zero-order valence-corrected chi connectivity index (χ0v) is 11.1. The van der Waals surface area contributed by atoms with Crippen LogP contribution in [0.2, 0.25) is 0 Å². The van der Waals surface area contributed by atoms with Crippen molar-refractivity contribution >= 4 is 12.3 Å². The van der Waals surface area contributed by atoms with Crippen molar-refractivity contribution in [1.29, 1.82) is 0 Å². The Labute approximate surface area is 104 Å². The van der Waals surface area contributed by atoms with Crippen LogP contribution in [0.3, 0.4) is 0 Å². The van der Waals surface area contributed by atoms with Crippen LogP contribution in [0.15, 0.2) is 0 Å². The van der Waals surface area contributed by atoms with Crippen LogP contribution in [-0.4, -0.2) is 18.4 Å². The highest BCUT2D eigenvalue weighted by atomic mass is 16.5. The van der Waals surface area contributed by atoms with Crippen LogP contribution >= 0.6 is 0 Å². The van der Waals surface area contributed by atoms with Gasteiger partial charge in [-0.1, -0.05) is 20.8 Å². The SMILES string of the molecule is CCC(C)C(=O)OC1CCC(C)CC1CC=O. The van der Waals surface area contributed by atoms with E-state index in [0.717, 1.165) is 32.0 Å². The predicted molar refractivity (Wildman–Crippen MR) is 66.5 cm³/mol. The molecule has 98 valence electrons. The number of hydrogen-bond acceptors (Lipinski definition) is 3. The quantitative estimate of drug-likeness (QED) is 0.548. The second-order valence-corrected chi connectivity index (χ2v) is 5.37.